The lowest BCUT2D eigenvalue weighted by Crippen LogP contribution is -2.58. The number of hydrogen-bond donors (Lipinski definition) is 2. The van der Waals surface area contributed by atoms with Crippen LogP contribution in [0.25, 0.3) is 0 Å². The molecular weight excluding hydrogens is 456 g/mol. The van der Waals surface area contributed by atoms with E-state index in [9.17, 15) is 9.59 Å². The molecule has 0 bridgehead atoms. The number of carbonyl (C=O) groups excluding carboxylic acids is 2. The fourth-order valence-electron chi connectivity index (χ4n) is 5.26. The molecule has 194 valence electrons. The molecule has 2 aromatic carbocycles. The van der Waals surface area contributed by atoms with Crippen LogP contribution in [-0.2, 0) is 11.2 Å². The predicted octanol–water partition coefficient (Wildman–Crippen LogP) is 3.77. The van der Waals surface area contributed by atoms with E-state index in [0.29, 0.717) is 38.6 Å². The van der Waals surface area contributed by atoms with Crippen LogP contribution in [-0.4, -0.2) is 74.7 Å². The zero-order valence-electron chi connectivity index (χ0n) is 21.4. The number of carbonyl (C=O) groups is 2. The molecule has 1 unspecified atom stereocenters. The summed E-state index contributed by atoms with van der Waals surface area (Å²) < 4.78 is 10.4. The number of methoxy groups -OCH3 is 2. The van der Waals surface area contributed by atoms with Crippen LogP contribution in [0.3, 0.4) is 0 Å². The van der Waals surface area contributed by atoms with E-state index in [1.54, 1.807) is 14.2 Å². The Balaban J connectivity index is 1.29. The Morgan fingerprint density at radius 1 is 0.889 bits per heavy atom. The number of anilines is 1. The molecule has 2 fully saturated rings. The first-order chi connectivity index (χ1) is 17.6. The van der Waals surface area contributed by atoms with Crippen molar-refractivity contribution < 1.29 is 19.1 Å². The lowest BCUT2D eigenvalue weighted by molar-refractivity contribution is -0.129. The molecule has 8 heteroatoms. The number of nitrogens with zero attached hydrogens (tertiary/aromatic N) is 2. The molecule has 0 radical (unpaired) electrons. The van der Waals surface area contributed by atoms with E-state index < -0.39 is 0 Å². The van der Waals surface area contributed by atoms with E-state index in [1.165, 1.54) is 18.4 Å². The standard InChI is InChI=1S/C28H38N4O4/c1-35-24-11-7-21(8-12-24)15-16-29-27(33)26(22-5-3-4-6-22)31-17-19-32(20-18-31)28(34)30-23-9-13-25(36-2)14-10-23/h7-14,22,26H,3-6,15-20H2,1-2H3,(H,29,33)(H,30,34). The SMILES string of the molecule is COc1ccc(CCNC(=O)C(C2CCCC2)N2CCN(C(=O)Nc3ccc(OC)cc3)CC2)cc1. The van der Waals surface area contributed by atoms with Gasteiger partial charge in [0.15, 0.2) is 0 Å². The van der Waals surface area contributed by atoms with Crippen molar-refractivity contribution in [1.29, 1.82) is 0 Å². The first-order valence-corrected chi connectivity index (χ1v) is 12.9. The van der Waals surface area contributed by atoms with Gasteiger partial charge in [0.05, 0.1) is 20.3 Å². The highest BCUT2D eigenvalue weighted by Crippen LogP contribution is 2.31. The molecule has 0 aromatic heterocycles. The lowest BCUT2D eigenvalue weighted by atomic mass is 9.95. The predicted molar refractivity (Wildman–Crippen MR) is 141 cm³/mol. The number of urea groups is 1. The molecule has 2 aliphatic rings. The van der Waals surface area contributed by atoms with E-state index in [-0.39, 0.29) is 18.0 Å². The van der Waals surface area contributed by atoms with Gasteiger partial charge in [-0.1, -0.05) is 25.0 Å². The van der Waals surface area contributed by atoms with Gasteiger partial charge in [0, 0.05) is 38.4 Å². The van der Waals surface area contributed by atoms with Gasteiger partial charge in [0.1, 0.15) is 11.5 Å². The second-order valence-corrected chi connectivity index (χ2v) is 9.56. The molecule has 0 spiro atoms. The minimum absolute atomic E-state index is 0.110. The minimum atomic E-state index is -0.129. The number of ether oxygens (including phenoxy) is 2. The van der Waals surface area contributed by atoms with Gasteiger partial charge in [-0.2, -0.15) is 0 Å². The highest BCUT2D eigenvalue weighted by molar-refractivity contribution is 5.89. The van der Waals surface area contributed by atoms with Crippen LogP contribution in [0.2, 0.25) is 0 Å². The summed E-state index contributed by atoms with van der Waals surface area (Å²) in [4.78, 5) is 30.3. The van der Waals surface area contributed by atoms with Crippen molar-refractivity contribution in [1.82, 2.24) is 15.1 Å². The van der Waals surface area contributed by atoms with Crippen LogP contribution >= 0.6 is 0 Å². The molecule has 8 nitrogen and oxygen atoms in total. The van der Waals surface area contributed by atoms with E-state index in [0.717, 1.165) is 36.4 Å². The van der Waals surface area contributed by atoms with Crippen LogP contribution < -0.4 is 20.1 Å². The zero-order chi connectivity index (χ0) is 25.3. The summed E-state index contributed by atoms with van der Waals surface area (Å²) in [5.41, 5.74) is 1.91. The van der Waals surface area contributed by atoms with Crippen molar-refractivity contribution >= 4 is 17.6 Å². The van der Waals surface area contributed by atoms with Crippen molar-refractivity contribution in [3.05, 3.63) is 54.1 Å². The third kappa shape index (κ3) is 6.69. The van der Waals surface area contributed by atoms with Crippen molar-refractivity contribution in [3.63, 3.8) is 0 Å². The van der Waals surface area contributed by atoms with E-state index in [4.69, 9.17) is 9.47 Å². The van der Waals surface area contributed by atoms with Crippen LogP contribution in [0.5, 0.6) is 11.5 Å². The van der Waals surface area contributed by atoms with Gasteiger partial charge in [-0.05, 0) is 67.1 Å². The average Bonchev–Trinajstić information content (AvgIpc) is 3.44. The van der Waals surface area contributed by atoms with Gasteiger partial charge in [0.25, 0.3) is 0 Å². The average molecular weight is 495 g/mol. The summed E-state index contributed by atoms with van der Waals surface area (Å²) in [6.45, 7) is 3.21. The summed E-state index contributed by atoms with van der Waals surface area (Å²) in [5.74, 6) is 2.08. The maximum atomic E-state index is 13.4. The fraction of sp³-hybridized carbons (Fsp3) is 0.500. The normalized spacial score (nSPS) is 17.4. The summed E-state index contributed by atoms with van der Waals surface area (Å²) in [6.07, 6.45) is 5.34. The number of nitrogens with one attached hydrogen (secondary N) is 2. The monoisotopic (exact) mass is 494 g/mol. The second kappa shape index (κ2) is 12.6. The van der Waals surface area contributed by atoms with E-state index in [2.05, 4.69) is 15.5 Å². The van der Waals surface area contributed by atoms with Crippen LogP contribution in [0, 0.1) is 5.92 Å². The molecule has 1 saturated carbocycles. The number of benzene rings is 2. The van der Waals surface area contributed by atoms with Crippen molar-refractivity contribution in [2.75, 3.05) is 52.3 Å². The third-order valence-corrected chi connectivity index (χ3v) is 7.32. The Morgan fingerprint density at radius 2 is 1.47 bits per heavy atom. The Morgan fingerprint density at radius 3 is 2.06 bits per heavy atom. The molecule has 1 aliphatic carbocycles. The lowest BCUT2D eigenvalue weighted by Gasteiger charge is -2.40. The molecular formula is C28H38N4O4. The van der Waals surface area contributed by atoms with E-state index in [1.807, 2.05) is 53.4 Å². The first-order valence-electron chi connectivity index (χ1n) is 12.9. The van der Waals surface area contributed by atoms with Crippen molar-refractivity contribution in [2.45, 2.75) is 38.1 Å². The Bertz CT molecular complexity index is 982. The molecule has 1 aliphatic heterocycles. The van der Waals surface area contributed by atoms with Gasteiger partial charge in [-0.3, -0.25) is 9.69 Å². The van der Waals surface area contributed by atoms with Crippen LogP contribution in [0.15, 0.2) is 48.5 Å². The molecule has 1 heterocycles. The Labute approximate surface area is 213 Å². The fourth-order valence-corrected chi connectivity index (χ4v) is 5.26. The van der Waals surface area contributed by atoms with Gasteiger partial charge >= 0.3 is 6.03 Å². The summed E-state index contributed by atoms with van der Waals surface area (Å²) in [5, 5.41) is 6.16. The molecule has 3 amide bonds. The highest BCUT2D eigenvalue weighted by Gasteiger charge is 2.37. The number of rotatable bonds is 9. The van der Waals surface area contributed by atoms with Gasteiger partial charge in [-0.25, -0.2) is 4.79 Å². The maximum Gasteiger partial charge on any atom is 0.321 e. The molecule has 1 saturated heterocycles. The summed E-state index contributed by atoms with van der Waals surface area (Å²) >= 11 is 0. The highest BCUT2D eigenvalue weighted by atomic mass is 16.5. The maximum absolute atomic E-state index is 13.4. The third-order valence-electron chi connectivity index (χ3n) is 7.32. The van der Waals surface area contributed by atoms with Crippen LogP contribution in [0.4, 0.5) is 10.5 Å². The van der Waals surface area contributed by atoms with Gasteiger partial charge in [-0.15, -0.1) is 0 Å². The van der Waals surface area contributed by atoms with Crippen LogP contribution in [0.1, 0.15) is 31.2 Å². The molecule has 4 rings (SSSR count). The Kier molecular flexibility index (Phi) is 9.06. The topological polar surface area (TPSA) is 83.1 Å². The van der Waals surface area contributed by atoms with E-state index >= 15 is 0 Å². The Hall–Kier alpha value is -3.26. The minimum Gasteiger partial charge on any atom is -0.497 e. The quantitative estimate of drug-likeness (QED) is 0.555. The second-order valence-electron chi connectivity index (χ2n) is 9.56. The largest absolute Gasteiger partial charge is 0.497 e. The molecule has 36 heavy (non-hydrogen) atoms. The first kappa shape index (κ1) is 25.8. The smallest absolute Gasteiger partial charge is 0.321 e. The molecule has 2 N–H and O–H groups in total. The summed E-state index contributed by atoms with van der Waals surface area (Å²) in [6, 6.07) is 15.0. The molecule has 2 aromatic rings. The zero-order valence-corrected chi connectivity index (χ0v) is 21.4. The van der Waals surface area contributed by atoms with Crippen molar-refractivity contribution in [3.8, 4) is 11.5 Å². The number of amides is 3. The number of piperazine rings is 1. The van der Waals surface area contributed by atoms with Gasteiger partial charge in [0.2, 0.25) is 5.91 Å². The molecule has 1 atom stereocenters. The van der Waals surface area contributed by atoms with Gasteiger partial charge < -0.3 is 25.0 Å². The number of hydrogen-bond acceptors (Lipinski definition) is 5. The summed E-state index contributed by atoms with van der Waals surface area (Å²) in [7, 11) is 3.28. The van der Waals surface area contributed by atoms with Crippen molar-refractivity contribution in [2.24, 2.45) is 5.92 Å².